The van der Waals surface area contributed by atoms with Gasteiger partial charge in [0, 0.05) is 18.3 Å². The molecule has 0 unspecified atom stereocenters. The van der Waals surface area contributed by atoms with Crippen molar-refractivity contribution >= 4 is 22.6 Å². The van der Waals surface area contributed by atoms with E-state index in [1.165, 1.54) is 19.3 Å². The molecule has 0 aliphatic heterocycles. The number of hydrogen-bond acceptors (Lipinski definition) is 4. The van der Waals surface area contributed by atoms with Crippen molar-refractivity contribution in [2.24, 2.45) is 5.92 Å². The smallest absolute Gasteiger partial charge is 0.267 e. The van der Waals surface area contributed by atoms with Gasteiger partial charge in [0.1, 0.15) is 5.82 Å². The molecule has 2 heterocycles. The standard InChI is InChI=1S/C22H24N4O2/c1-15-24-21-19(11-6-12-23-21)22(28)26(15)18-10-5-9-17(14-18)25-20(27)13-16-7-3-2-4-8-16/h5-6,9-12,14,16H,2-4,7-8,13H2,1H3,(H,25,27). The van der Waals surface area contributed by atoms with E-state index in [2.05, 4.69) is 15.3 Å². The van der Waals surface area contributed by atoms with Crippen molar-refractivity contribution in [2.75, 3.05) is 5.32 Å². The summed E-state index contributed by atoms with van der Waals surface area (Å²) < 4.78 is 1.56. The van der Waals surface area contributed by atoms with Crippen molar-refractivity contribution < 1.29 is 4.79 Å². The summed E-state index contributed by atoms with van der Waals surface area (Å²) >= 11 is 0. The maximum absolute atomic E-state index is 12.9. The molecule has 0 radical (unpaired) electrons. The van der Waals surface area contributed by atoms with E-state index in [1.54, 1.807) is 29.8 Å². The Balaban J connectivity index is 1.60. The lowest BCUT2D eigenvalue weighted by molar-refractivity contribution is -0.117. The van der Waals surface area contributed by atoms with E-state index in [9.17, 15) is 9.59 Å². The van der Waals surface area contributed by atoms with Gasteiger partial charge in [-0.3, -0.25) is 14.2 Å². The van der Waals surface area contributed by atoms with Gasteiger partial charge >= 0.3 is 0 Å². The van der Waals surface area contributed by atoms with E-state index >= 15 is 0 Å². The average Bonchev–Trinajstić information content (AvgIpc) is 2.69. The molecule has 0 saturated heterocycles. The van der Waals surface area contributed by atoms with Crippen molar-refractivity contribution in [3.63, 3.8) is 0 Å². The normalized spacial score (nSPS) is 14.9. The van der Waals surface area contributed by atoms with Crippen LogP contribution < -0.4 is 10.9 Å². The molecule has 4 rings (SSSR count). The van der Waals surface area contributed by atoms with Crippen molar-refractivity contribution in [1.29, 1.82) is 0 Å². The molecule has 0 spiro atoms. The number of nitrogens with zero attached hydrogens (tertiary/aromatic N) is 3. The second kappa shape index (κ2) is 7.92. The lowest BCUT2D eigenvalue weighted by atomic mass is 9.87. The third-order valence-corrected chi connectivity index (χ3v) is 5.40. The highest BCUT2D eigenvalue weighted by molar-refractivity contribution is 5.91. The minimum Gasteiger partial charge on any atom is -0.326 e. The van der Waals surface area contributed by atoms with Crippen LogP contribution >= 0.6 is 0 Å². The molecule has 2 aromatic heterocycles. The molecule has 1 fully saturated rings. The van der Waals surface area contributed by atoms with Crippen molar-refractivity contribution in [3.8, 4) is 5.69 Å². The Hall–Kier alpha value is -3.02. The van der Waals surface area contributed by atoms with Crippen LogP contribution in [0.5, 0.6) is 0 Å². The van der Waals surface area contributed by atoms with E-state index in [-0.39, 0.29) is 11.5 Å². The zero-order chi connectivity index (χ0) is 19.5. The number of pyridine rings is 1. The van der Waals surface area contributed by atoms with Crippen LogP contribution in [0.3, 0.4) is 0 Å². The minimum atomic E-state index is -0.165. The number of aromatic nitrogens is 3. The number of carbonyl (C=O) groups is 1. The number of hydrogen-bond donors (Lipinski definition) is 1. The Morgan fingerprint density at radius 1 is 1.18 bits per heavy atom. The first-order valence-electron chi connectivity index (χ1n) is 9.86. The van der Waals surface area contributed by atoms with Crippen molar-refractivity contribution in [2.45, 2.75) is 45.4 Å². The van der Waals surface area contributed by atoms with Crippen LogP contribution in [0.1, 0.15) is 44.3 Å². The molecule has 6 nitrogen and oxygen atoms in total. The van der Waals surface area contributed by atoms with Gasteiger partial charge in [0.2, 0.25) is 5.91 Å². The number of nitrogens with one attached hydrogen (secondary N) is 1. The number of rotatable bonds is 4. The van der Waals surface area contributed by atoms with Crippen LogP contribution in [-0.2, 0) is 4.79 Å². The number of benzene rings is 1. The van der Waals surface area contributed by atoms with Crippen LogP contribution in [0, 0.1) is 12.8 Å². The summed E-state index contributed by atoms with van der Waals surface area (Å²) in [6.07, 6.45) is 8.19. The predicted molar refractivity (Wildman–Crippen MR) is 110 cm³/mol. The second-order valence-corrected chi connectivity index (χ2v) is 7.48. The molecule has 3 aromatic rings. The first-order chi connectivity index (χ1) is 13.6. The van der Waals surface area contributed by atoms with Gasteiger partial charge in [-0.05, 0) is 56.0 Å². The number of fused-ring (bicyclic) bond motifs is 1. The lowest BCUT2D eigenvalue weighted by Crippen LogP contribution is -2.23. The minimum absolute atomic E-state index is 0.0361. The van der Waals surface area contributed by atoms with E-state index in [0.717, 1.165) is 12.8 Å². The van der Waals surface area contributed by atoms with Crippen LogP contribution in [0.15, 0.2) is 47.4 Å². The molecule has 6 heteroatoms. The van der Waals surface area contributed by atoms with E-state index in [4.69, 9.17) is 0 Å². The average molecular weight is 376 g/mol. The Kier molecular flexibility index (Phi) is 5.19. The Morgan fingerprint density at radius 3 is 2.82 bits per heavy atom. The zero-order valence-corrected chi connectivity index (χ0v) is 16.0. The molecule has 1 N–H and O–H groups in total. The Bertz CT molecular complexity index is 1070. The second-order valence-electron chi connectivity index (χ2n) is 7.48. The number of anilines is 1. The summed E-state index contributed by atoms with van der Waals surface area (Å²) in [5.74, 6) is 1.08. The molecule has 1 saturated carbocycles. The number of carbonyl (C=O) groups excluding carboxylic acids is 1. The highest BCUT2D eigenvalue weighted by Gasteiger charge is 2.17. The van der Waals surface area contributed by atoms with E-state index in [1.807, 2.05) is 24.3 Å². The summed E-state index contributed by atoms with van der Waals surface area (Å²) in [5, 5.41) is 3.46. The number of amides is 1. The maximum Gasteiger partial charge on any atom is 0.267 e. The third kappa shape index (κ3) is 3.81. The zero-order valence-electron chi connectivity index (χ0n) is 16.0. The molecule has 144 valence electrons. The monoisotopic (exact) mass is 376 g/mol. The van der Waals surface area contributed by atoms with Gasteiger partial charge in [-0.25, -0.2) is 9.97 Å². The molecule has 0 bridgehead atoms. The predicted octanol–water partition coefficient (Wildman–Crippen LogP) is 4.00. The molecular formula is C22H24N4O2. The van der Waals surface area contributed by atoms with Gasteiger partial charge < -0.3 is 5.32 Å². The van der Waals surface area contributed by atoms with E-state index in [0.29, 0.717) is 40.6 Å². The fourth-order valence-corrected chi connectivity index (χ4v) is 4.02. The summed E-state index contributed by atoms with van der Waals surface area (Å²) in [4.78, 5) is 34.0. The molecule has 1 aliphatic rings. The molecule has 1 amide bonds. The van der Waals surface area contributed by atoms with Gasteiger partial charge in [0.15, 0.2) is 5.65 Å². The first-order valence-corrected chi connectivity index (χ1v) is 9.86. The topological polar surface area (TPSA) is 76.9 Å². The van der Waals surface area contributed by atoms with Gasteiger partial charge in [0.25, 0.3) is 5.56 Å². The fourth-order valence-electron chi connectivity index (χ4n) is 4.02. The molecule has 0 atom stereocenters. The molecule has 28 heavy (non-hydrogen) atoms. The quantitative estimate of drug-likeness (QED) is 0.747. The van der Waals surface area contributed by atoms with Crippen molar-refractivity contribution in [1.82, 2.24) is 14.5 Å². The summed E-state index contributed by atoms with van der Waals surface area (Å²) in [6, 6.07) is 10.8. The molecular weight excluding hydrogens is 352 g/mol. The Morgan fingerprint density at radius 2 is 2.00 bits per heavy atom. The lowest BCUT2D eigenvalue weighted by Gasteiger charge is -2.21. The fraction of sp³-hybridized carbons (Fsp3) is 0.364. The molecule has 1 aliphatic carbocycles. The third-order valence-electron chi connectivity index (χ3n) is 5.40. The van der Waals surface area contributed by atoms with Crippen LogP contribution in [0.4, 0.5) is 5.69 Å². The largest absolute Gasteiger partial charge is 0.326 e. The van der Waals surface area contributed by atoms with Crippen LogP contribution in [0.2, 0.25) is 0 Å². The van der Waals surface area contributed by atoms with Gasteiger partial charge in [-0.2, -0.15) is 0 Å². The van der Waals surface area contributed by atoms with Crippen molar-refractivity contribution in [3.05, 3.63) is 58.8 Å². The Labute approximate surface area is 163 Å². The summed E-state index contributed by atoms with van der Waals surface area (Å²) in [7, 11) is 0. The highest BCUT2D eigenvalue weighted by atomic mass is 16.1. The van der Waals surface area contributed by atoms with Gasteiger partial charge in [0.05, 0.1) is 11.1 Å². The highest BCUT2D eigenvalue weighted by Crippen LogP contribution is 2.26. The summed E-state index contributed by atoms with van der Waals surface area (Å²) in [5.41, 5.74) is 1.64. The summed E-state index contributed by atoms with van der Waals surface area (Å²) in [6.45, 7) is 1.78. The van der Waals surface area contributed by atoms with E-state index < -0.39 is 0 Å². The molecule has 1 aromatic carbocycles. The van der Waals surface area contributed by atoms with Crippen LogP contribution in [-0.4, -0.2) is 20.4 Å². The number of aryl methyl sites for hydroxylation is 1. The first kappa shape index (κ1) is 18.3. The van der Waals surface area contributed by atoms with Gasteiger partial charge in [-0.15, -0.1) is 0 Å². The SMILES string of the molecule is Cc1nc2ncccc2c(=O)n1-c1cccc(NC(=O)CC2CCCCC2)c1. The maximum atomic E-state index is 12.9. The van der Waals surface area contributed by atoms with Crippen LogP contribution in [0.25, 0.3) is 16.7 Å². The van der Waals surface area contributed by atoms with Gasteiger partial charge in [-0.1, -0.05) is 25.3 Å².